The molecule has 0 N–H and O–H groups in total. The Morgan fingerprint density at radius 3 is 1.09 bits per heavy atom. The molecule has 0 fully saturated rings. The number of alkyl halides is 17. The first-order valence-electron chi connectivity index (χ1n) is 10.8. The summed E-state index contributed by atoms with van der Waals surface area (Å²) in [6, 6.07) is 3.91. The third-order valence-electron chi connectivity index (χ3n) is 4.71. The molecular weight excluding hydrogens is 787 g/mol. The molecular formula is C23H19Br2F17N2. The van der Waals surface area contributed by atoms with Gasteiger partial charge in [-0.25, -0.2) is 8.78 Å². The van der Waals surface area contributed by atoms with E-state index < -0.39 is 90.5 Å². The van der Waals surface area contributed by atoms with Crippen molar-refractivity contribution in [2.45, 2.75) is 44.7 Å². The molecule has 2 rings (SSSR count). The van der Waals surface area contributed by atoms with Crippen molar-refractivity contribution >= 4 is 43.2 Å². The highest BCUT2D eigenvalue weighted by Gasteiger charge is 2.40. The first-order chi connectivity index (χ1) is 19.1. The normalized spacial score (nSPS) is 12.8. The van der Waals surface area contributed by atoms with Crippen LogP contribution in [0.1, 0.15) is 18.6 Å². The van der Waals surface area contributed by atoms with E-state index >= 15 is 0 Å². The molecule has 0 amide bonds. The fourth-order valence-corrected chi connectivity index (χ4v) is 4.11. The summed E-state index contributed by atoms with van der Waals surface area (Å²) in [5.41, 5.74) is -4.01. The van der Waals surface area contributed by atoms with Crippen LogP contribution in [-0.4, -0.2) is 51.1 Å². The van der Waals surface area contributed by atoms with Crippen LogP contribution in [0.15, 0.2) is 45.3 Å². The number of nitrogens with zero attached hydrogens (tertiary/aromatic N) is 2. The molecule has 254 valence electrons. The van der Waals surface area contributed by atoms with Crippen LogP contribution < -0.4 is 9.80 Å². The third-order valence-corrected chi connectivity index (χ3v) is 6.09. The zero-order valence-corrected chi connectivity index (χ0v) is 23.6. The Labute approximate surface area is 255 Å². The molecule has 0 saturated heterocycles. The van der Waals surface area contributed by atoms with E-state index in [9.17, 15) is 74.6 Å². The van der Waals surface area contributed by atoms with Gasteiger partial charge in [-0.1, -0.05) is 39.3 Å². The van der Waals surface area contributed by atoms with Crippen molar-refractivity contribution in [3.63, 3.8) is 0 Å². The average molecular weight is 806 g/mol. The Balaban J connectivity index is 0.000000823. The molecule has 0 bridgehead atoms. The highest BCUT2D eigenvalue weighted by atomic mass is 79.9. The SMILES string of the molecule is C.FC(F)(F)CN(CC(F)(F)F)c1ccc(Br)c(C(F)(F)F)c1.FC(F)CN(CC(F)(F)F)c1ccc(Br)c(C(F)(F)F)c1. The Morgan fingerprint density at radius 1 is 0.523 bits per heavy atom. The molecule has 0 saturated carbocycles. The maximum absolute atomic E-state index is 12.7. The fraction of sp³-hybridized carbons (Fsp3) is 0.478. The number of hydrogen-bond donors (Lipinski definition) is 0. The summed E-state index contributed by atoms with van der Waals surface area (Å²) in [5.74, 6) is 0. The molecule has 0 aliphatic rings. The smallest absolute Gasteiger partial charge is 0.357 e. The Hall–Kier alpha value is -2.19. The molecule has 44 heavy (non-hydrogen) atoms. The number of anilines is 2. The lowest BCUT2D eigenvalue weighted by atomic mass is 10.1. The average Bonchev–Trinajstić information content (AvgIpc) is 2.74. The summed E-state index contributed by atoms with van der Waals surface area (Å²) >= 11 is 5.17. The fourth-order valence-electron chi connectivity index (χ4n) is 3.17. The van der Waals surface area contributed by atoms with Crippen LogP contribution in [-0.2, 0) is 12.4 Å². The van der Waals surface area contributed by atoms with Gasteiger partial charge in [-0.05, 0) is 36.4 Å². The monoisotopic (exact) mass is 804 g/mol. The minimum atomic E-state index is -5.00. The van der Waals surface area contributed by atoms with Gasteiger partial charge in [0.25, 0.3) is 6.43 Å². The van der Waals surface area contributed by atoms with Crippen molar-refractivity contribution in [3.05, 3.63) is 56.5 Å². The second-order valence-corrected chi connectivity index (χ2v) is 10.0. The van der Waals surface area contributed by atoms with E-state index in [1.807, 2.05) is 0 Å². The number of halogens is 19. The minimum absolute atomic E-state index is 0. The standard InChI is InChI=1S/C11H7BrF9N.C11H8BrF8N.CH4/c12-8-2-1-6(3-7(8)11(19,20)21)22(4-9(13,14)15)5-10(16,17)18;12-8-2-1-6(3-7(8)11(18,19)20)21(4-9(13)14)5-10(15,16)17;/h1-3H,4-5H2;1-3,9H,4-5H2;1H4. The molecule has 2 nitrogen and oxygen atoms in total. The molecule has 21 heteroatoms. The lowest BCUT2D eigenvalue weighted by molar-refractivity contribution is -0.139. The van der Waals surface area contributed by atoms with Gasteiger partial charge in [0, 0.05) is 20.3 Å². The van der Waals surface area contributed by atoms with Gasteiger partial charge in [-0.15, -0.1) is 0 Å². The van der Waals surface area contributed by atoms with Gasteiger partial charge in [0.1, 0.15) is 19.6 Å². The van der Waals surface area contributed by atoms with Gasteiger partial charge in [-0.3, -0.25) is 0 Å². The predicted molar refractivity (Wildman–Crippen MR) is 134 cm³/mol. The van der Waals surface area contributed by atoms with E-state index in [1.165, 1.54) is 0 Å². The summed E-state index contributed by atoms with van der Waals surface area (Å²) in [4.78, 5) is -0.0476. The Kier molecular flexibility index (Phi) is 14.6. The zero-order chi connectivity index (χ0) is 33.8. The van der Waals surface area contributed by atoms with Crippen molar-refractivity contribution in [1.82, 2.24) is 0 Å². The Morgan fingerprint density at radius 2 is 0.818 bits per heavy atom. The number of hydrogen-bond acceptors (Lipinski definition) is 2. The van der Waals surface area contributed by atoms with Gasteiger partial charge in [0.15, 0.2) is 0 Å². The predicted octanol–water partition coefficient (Wildman–Crippen LogP) is 11.1. The lowest BCUT2D eigenvalue weighted by Gasteiger charge is -2.27. The second-order valence-electron chi connectivity index (χ2n) is 8.30. The van der Waals surface area contributed by atoms with Gasteiger partial charge in [-0.2, -0.15) is 65.9 Å². The molecule has 0 aliphatic heterocycles. The van der Waals surface area contributed by atoms with E-state index in [0.717, 1.165) is 24.3 Å². The van der Waals surface area contributed by atoms with Gasteiger partial charge >= 0.3 is 30.9 Å². The van der Waals surface area contributed by atoms with Crippen LogP contribution in [0.4, 0.5) is 86.0 Å². The molecule has 0 unspecified atom stereocenters. The summed E-state index contributed by atoms with van der Waals surface area (Å²) in [7, 11) is 0. The summed E-state index contributed by atoms with van der Waals surface area (Å²) in [6.07, 6.45) is -27.7. The zero-order valence-electron chi connectivity index (χ0n) is 20.4. The molecule has 0 aromatic heterocycles. The van der Waals surface area contributed by atoms with Crippen molar-refractivity contribution in [2.75, 3.05) is 36.0 Å². The third kappa shape index (κ3) is 15.2. The van der Waals surface area contributed by atoms with Gasteiger partial charge in [0.2, 0.25) is 0 Å². The first-order valence-corrected chi connectivity index (χ1v) is 12.4. The summed E-state index contributed by atoms with van der Waals surface area (Å²) in [5, 5.41) is 0. The molecule has 0 spiro atoms. The van der Waals surface area contributed by atoms with E-state index in [-0.39, 0.29) is 27.8 Å². The molecule has 0 atom stereocenters. The van der Waals surface area contributed by atoms with Crippen LogP contribution in [0, 0.1) is 0 Å². The Bertz CT molecular complexity index is 1170. The van der Waals surface area contributed by atoms with E-state index in [4.69, 9.17) is 0 Å². The van der Waals surface area contributed by atoms with Crippen LogP contribution in [0.25, 0.3) is 0 Å². The summed E-state index contributed by atoms with van der Waals surface area (Å²) in [6.45, 7) is -7.13. The van der Waals surface area contributed by atoms with Crippen molar-refractivity contribution < 1.29 is 74.6 Å². The van der Waals surface area contributed by atoms with E-state index in [1.54, 1.807) is 0 Å². The van der Waals surface area contributed by atoms with Crippen molar-refractivity contribution in [1.29, 1.82) is 0 Å². The quantitative estimate of drug-likeness (QED) is 0.257. The lowest BCUT2D eigenvalue weighted by Crippen LogP contribution is -2.40. The molecule has 0 heterocycles. The first kappa shape index (κ1) is 41.8. The van der Waals surface area contributed by atoms with Crippen LogP contribution >= 0.6 is 31.9 Å². The van der Waals surface area contributed by atoms with Gasteiger partial charge in [0.05, 0.1) is 17.7 Å². The molecule has 2 aromatic rings. The highest BCUT2D eigenvalue weighted by molar-refractivity contribution is 9.10. The van der Waals surface area contributed by atoms with Crippen molar-refractivity contribution in [2.24, 2.45) is 0 Å². The maximum Gasteiger partial charge on any atom is 0.417 e. The second kappa shape index (κ2) is 15.4. The molecule has 0 radical (unpaired) electrons. The topological polar surface area (TPSA) is 6.48 Å². The molecule has 0 aliphatic carbocycles. The van der Waals surface area contributed by atoms with Crippen LogP contribution in [0.2, 0.25) is 0 Å². The highest BCUT2D eigenvalue weighted by Crippen LogP contribution is 2.39. The van der Waals surface area contributed by atoms with Crippen LogP contribution in [0.5, 0.6) is 0 Å². The van der Waals surface area contributed by atoms with Gasteiger partial charge < -0.3 is 9.80 Å². The maximum atomic E-state index is 12.7. The molecule has 2 aromatic carbocycles. The van der Waals surface area contributed by atoms with Crippen molar-refractivity contribution in [3.8, 4) is 0 Å². The summed E-state index contributed by atoms with van der Waals surface area (Å²) < 4.78 is 211. The number of benzene rings is 2. The van der Waals surface area contributed by atoms with Crippen LogP contribution in [0.3, 0.4) is 0 Å². The minimum Gasteiger partial charge on any atom is -0.357 e. The van der Waals surface area contributed by atoms with E-state index in [2.05, 4.69) is 31.9 Å². The number of rotatable bonds is 7. The van der Waals surface area contributed by atoms with E-state index in [0.29, 0.717) is 6.07 Å². The largest absolute Gasteiger partial charge is 0.417 e.